The van der Waals surface area contributed by atoms with Crippen LogP contribution in [0.5, 0.6) is 0 Å². The molecule has 1 aliphatic carbocycles. The molecular weight excluding hydrogens is 432 g/mol. The SMILES string of the molecule is CN(C)CCN(C(=O)c1ccc(S(=O)(=O)N(C)C2CC2)cc1)c1nc2ccccc2s1. The lowest BCUT2D eigenvalue weighted by atomic mass is 10.2. The zero-order chi connectivity index (χ0) is 22.2. The minimum absolute atomic E-state index is 0.0897. The first kappa shape index (κ1) is 21.9. The predicted molar refractivity (Wildman–Crippen MR) is 124 cm³/mol. The molecule has 3 aromatic rings. The van der Waals surface area contributed by atoms with Crippen LogP contribution in [0.2, 0.25) is 0 Å². The number of hydrogen-bond donors (Lipinski definition) is 0. The van der Waals surface area contributed by atoms with E-state index in [4.69, 9.17) is 0 Å². The number of rotatable bonds is 8. The number of nitrogens with zero attached hydrogens (tertiary/aromatic N) is 4. The number of hydrogen-bond acceptors (Lipinski definition) is 6. The number of amides is 1. The van der Waals surface area contributed by atoms with Crippen molar-refractivity contribution in [3.63, 3.8) is 0 Å². The lowest BCUT2D eigenvalue weighted by Crippen LogP contribution is -2.36. The number of benzene rings is 2. The number of thiazole rings is 1. The molecule has 0 unspecified atom stereocenters. The number of carbonyl (C=O) groups excluding carboxylic acids is 1. The van der Waals surface area contributed by atoms with Crippen molar-refractivity contribution in [1.82, 2.24) is 14.2 Å². The fourth-order valence-corrected chi connectivity index (χ4v) is 5.69. The van der Waals surface area contributed by atoms with Crippen LogP contribution in [0, 0.1) is 0 Å². The summed E-state index contributed by atoms with van der Waals surface area (Å²) in [5, 5.41) is 0.637. The van der Waals surface area contributed by atoms with Gasteiger partial charge in [0.05, 0.1) is 15.1 Å². The van der Waals surface area contributed by atoms with E-state index in [-0.39, 0.29) is 16.8 Å². The van der Waals surface area contributed by atoms with Gasteiger partial charge < -0.3 is 4.90 Å². The maximum absolute atomic E-state index is 13.4. The first-order valence-electron chi connectivity index (χ1n) is 10.2. The van der Waals surface area contributed by atoms with Gasteiger partial charge in [0.15, 0.2) is 5.13 Å². The zero-order valence-electron chi connectivity index (χ0n) is 17.9. The van der Waals surface area contributed by atoms with E-state index in [1.54, 1.807) is 24.1 Å². The zero-order valence-corrected chi connectivity index (χ0v) is 19.5. The number of likely N-dealkylation sites (N-methyl/N-ethyl adjacent to an activating group) is 1. The summed E-state index contributed by atoms with van der Waals surface area (Å²) in [5.41, 5.74) is 1.29. The Morgan fingerprint density at radius 3 is 2.32 bits per heavy atom. The van der Waals surface area contributed by atoms with Gasteiger partial charge in [-0.1, -0.05) is 23.5 Å². The number of aromatic nitrogens is 1. The van der Waals surface area contributed by atoms with Gasteiger partial charge in [-0.2, -0.15) is 4.31 Å². The van der Waals surface area contributed by atoms with Gasteiger partial charge in [-0.05, 0) is 63.3 Å². The van der Waals surface area contributed by atoms with Gasteiger partial charge in [0.25, 0.3) is 5.91 Å². The highest BCUT2D eigenvalue weighted by Crippen LogP contribution is 2.31. The van der Waals surface area contributed by atoms with Gasteiger partial charge in [0.2, 0.25) is 10.0 Å². The molecule has 9 heteroatoms. The number of fused-ring (bicyclic) bond motifs is 1. The second-order valence-corrected chi connectivity index (χ2v) is 11.0. The molecule has 4 rings (SSSR count). The molecule has 0 radical (unpaired) electrons. The highest BCUT2D eigenvalue weighted by Gasteiger charge is 2.35. The predicted octanol–water partition coefficient (Wildman–Crippen LogP) is 3.29. The summed E-state index contributed by atoms with van der Waals surface area (Å²) in [6.07, 6.45) is 1.80. The van der Waals surface area contributed by atoms with Gasteiger partial charge in [-0.3, -0.25) is 9.69 Å². The average molecular weight is 459 g/mol. The van der Waals surface area contributed by atoms with Gasteiger partial charge in [-0.15, -0.1) is 0 Å². The molecule has 1 saturated carbocycles. The molecule has 0 spiro atoms. The first-order chi connectivity index (χ1) is 14.8. The van der Waals surface area contributed by atoms with Crippen molar-refractivity contribution in [2.24, 2.45) is 0 Å². The van der Waals surface area contributed by atoms with Crippen molar-refractivity contribution in [3.05, 3.63) is 54.1 Å². The minimum Gasteiger partial charge on any atom is -0.308 e. The molecule has 0 N–H and O–H groups in total. The van der Waals surface area contributed by atoms with Crippen molar-refractivity contribution in [3.8, 4) is 0 Å². The van der Waals surface area contributed by atoms with Gasteiger partial charge >= 0.3 is 0 Å². The van der Waals surface area contributed by atoms with E-state index in [0.717, 1.165) is 23.1 Å². The molecule has 1 aromatic heterocycles. The quantitative estimate of drug-likeness (QED) is 0.518. The first-order valence-corrected chi connectivity index (χ1v) is 12.4. The third-order valence-electron chi connectivity index (χ3n) is 5.37. The van der Waals surface area contributed by atoms with Crippen LogP contribution in [0.4, 0.5) is 5.13 Å². The Morgan fingerprint density at radius 2 is 1.71 bits per heavy atom. The lowest BCUT2D eigenvalue weighted by molar-refractivity contribution is 0.0985. The van der Waals surface area contributed by atoms with E-state index >= 15 is 0 Å². The van der Waals surface area contributed by atoms with Crippen molar-refractivity contribution >= 4 is 42.6 Å². The van der Waals surface area contributed by atoms with Crippen LogP contribution in [0.25, 0.3) is 10.2 Å². The summed E-state index contributed by atoms with van der Waals surface area (Å²) in [5.74, 6) is -0.194. The molecule has 1 heterocycles. The van der Waals surface area contributed by atoms with Crippen LogP contribution in [0.1, 0.15) is 23.2 Å². The third-order valence-corrected chi connectivity index (χ3v) is 8.35. The van der Waals surface area contributed by atoms with E-state index in [1.807, 2.05) is 43.3 Å². The molecule has 0 saturated heterocycles. The van der Waals surface area contributed by atoms with Crippen LogP contribution in [0.15, 0.2) is 53.4 Å². The topological polar surface area (TPSA) is 73.8 Å². The summed E-state index contributed by atoms with van der Waals surface area (Å²) in [6, 6.07) is 14.1. The Kier molecular flexibility index (Phi) is 6.11. The number of anilines is 1. The molecule has 1 aliphatic rings. The Bertz CT molecular complexity index is 1150. The van der Waals surface area contributed by atoms with Crippen LogP contribution in [-0.4, -0.2) is 68.8 Å². The van der Waals surface area contributed by atoms with Crippen LogP contribution in [-0.2, 0) is 10.0 Å². The molecule has 1 fully saturated rings. The van der Waals surface area contributed by atoms with Crippen molar-refractivity contribution < 1.29 is 13.2 Å². The van der Waals surface area contributed by atoms with E-state index < -0.39 is 10.0 Å². The van der Waals surface area contributed by atoms with Crippen LogP contribution >= 0.6 is 11.3 Å². The average Bonchev–Trinajstić information content (AvgIpc) is 3.51. The Morgan fingerprint density at radius 1 is 1.03 bits per heavy atom. The molecule has 0 aliphatic heterocycles. The minimum atomic E-state index is -3.54. The second-order valence-electron chi connectivity index (χ2n) is 8.00. The molecule has 7 nitrogen and oxygen atoms in total. The van der Waals surface area contributed by atoms with E-state index in [9.17, 15) is 13.2 Å². The van der Waals surface area contributed by atoms with E-state index in [1.165, 1.54) is 27.8 Å². The smallest absolute Gasteiger partial charge is 0.260 e. The molecule has 164 valence electrons. The van der Waals surface area contributed by atoms with Crippen LogP contribution < -0.4 is 4.90 Å². The maximum atomic E-state index is 13.4. The van der Waals surface area contributed by atoms with Gasteiger partial charge in [0.1, 0.15) is 0 Å². The highest BCUT2D eigenvalue weighted by molar-refractivity contribution is 7.89. The fraction of sp³-hybridized carbons (Fsp3) is 0.364. The Balaban J connectivity index is 1.61. The number of carbonyl (C=O) groups is 1. The molecular formula is C22H26N4O3S2. The molecule has 31 heavy (non-hydrogen) atoms. The summed E-state index contributed by atoms with van der Waals surface area (Å²) in [4.78, 5) is 21.9. The Hall–Kier alpha value is -2.33. The normalized spacial score (nSPS) is 14.5. The molecule has 2 aromatic carbocycles. The molecule has 1 amide bonds. The highest BCUT2D eigenvalue weighted by atomic mass is 32.2. The van der Waals surface area contributed by atoms with E-state index in [0.29, 0.717) is 23.8 Å². The number of para-hydroxylation sites is 1. The second kappa shape index (κ2) is 8.66. The largest absolute Gasteiger partial charge is 0.308 e. The fourth-order valence-electron chi connectivity index (χ4n) is 3.29. The van der Waals surface area contributed by atoms with Gasteiger partial charge in [-0.25, -0.2) is 13.4 Å². The molecule has 0 bridgehead atoms. The van der Waals surface area contributed by atoms with E-state index in [2.05, 4.69) is 4.98 Å². The van der Waals surface area contributed by atoms with Crippen molar-refractivity contribution in [2.75, 3.05) is 39.1 Å². The number of sulfonamides is 1. The summed E-state index contributed by atoms with van der Waals surface area (Å²) in [6.45, 7) is 1.16. The summed E-state index contributed by atoms with van der Waals surface area (Å²) < 4.78 is 27.9. The Labute approximate surface area is 187 Å². The monoisotopic (exact) mass is 458 g/mol. The lowest BCUT2D eigenvalue weighted by Gasteiger charge is -2.22. The van der Waals surface area contributed by atoms with Crippen molar-refractivity contribution in [2.45, 2.75) is 23.8 Å². The van der Waals surface area contributed by atoms with Crippen molar-refractivity contribution in [1.29, 1.82) is 0 Å². The standard InChI is InChI=1S/C22H26N4O3S2/c1-24(2)14-15-26(22-23-19-6-4-5-7-20(19)30-22)21(27)16-8-12-18(13-9-16)31(28,29)25(3)17-10-11-17/h4-9,12-13,17H,10-11,14-15H2,1-3H3. The summed E-state index contributed by atoms with van der Waals surface area (Å²) >= 11 is 1.47. The van der Waals surface area contributed by atoms with Gasteiger partial charge in [0, 0.05) is 31.7 Å². The maximum Gasteiger partial charge on any atom is 0.260 e. The van der Waals surface area contributed by atoms with Crippen LogP contribution in [0.3, 0.4) is 0 Å². The third kappa shape index (κ3) is 4.64. The summed E-state index contributed by atoms with van der Waals surface area (Å²) in [7, 11) is 1.99. The molecule has 0 atom stereocenters.